The summed E-state index contributed by atoms with van der Waals surface area (Å²) < 4.78 is 10.5. The second-order valence-corrected chi connectivity index (χ2v) is 5.57. The lowest BCUT2D eigenvalue weighted by molar-refractivity contribution is -0.122. The average molecular weight is 342 g/mol. The second-order valence-electron chi connectivity index (χ2n) is 5.57. The first kappa shape index (κ1) is 18.5. The number of hydrogen-bond acceptors (Lipinski definition) is 4. The molecular formula is C19H22N2O4. The largest absolute Gasteiger partial charge is 0.445 e. The molecule has 25 heavy (non-hydrogen) atoms. The van der Waals surface area contributed by atoms with E-state index < -0.39 is 12.0 Å². The van der Waals surface area contributed by atoms with E-state index in [0.717, 1.165) is 11.1 Å². The molecule has 0 aromatic heterocycles. The number of alkyl carbamates (subject to hydrolysis) is 1. The predicted molar refractivity (Wildman–Crippen MR) is 93.7 cm³/mol. The number of hydrogen-bond donors (Lipinski definition) is 2. The summed E-state index contributed by atoms with van der Waals surface area (Å²) >= 11 is 0. The highest BCUT2D eigenvalue weighted by molar-refractivity contribution is 5.75. The lowest BCUT2D eigenvalue weighted by atomic mass is 10.1. The number of nitrogens with two attached hydrogens (primary N) is 1. The number of amides is 2. The van der Waals surface area contributed by atoms with Gasteiger partial charge in [-0.15, -0.1) is 0 Å². The van der Waals surface area contributed by atoms with Crippen molar-refractivity contribution in [2.75, 3.05) is 13.2 Å². The van der Waals surface area contributed by atoms with E-state index >= 15 is 0 Å². The minimum Gasteiger partial charge on any atom is -0.445 e. The van der Waals surface area contributed by atoms with E-state index in [-0.39, 0.29) is 25.9 Å². The lowest BCUT2D eigenvalue weighted by Crippen LogP contribution is -2.40. The van der Waals surface area contributed by atoms with Gasteiger partial charge in [-0.3, -0.25) is 4.79 Å². The molecule has 1 unspecified atom stereocenters. The van der Waals surface area contributed by atoms with Gasteiger partial charge in [0.25, 0.3) is 0 Å². The summed E-state index contributed by atoms with van der Waals surface area (Å²) in [5.74, 6) is -0.551. The highest BCUT2D eigenvalue weighted by Crippen LogP contribution is 2.05. The van der Waals surface area contributed by atoms with Crippen LogP contribution in [0.5, 0.6) is 0 Å². The van der Waals surface area contributed by atoms with E-state index in [1.807, 2.05) is 60.7 Å². The van der Waals surface area contributed by atoms with E-state index in [9.17, 15) is 9.59 Å². The molecule has 0 fully saturated rings. The van der Waals surface area contributed by atoms with E-state index in [1.54, 1.807) is 0 Å². The molecule has 1 atom stereocenters. The molecule has 2 amide bonds. The predicted octanol–water partition coefficient (Wildman–Crippen LogP) is 2.03. The molecule has 0 heterocycles. The number of carbonyl (C=O) groups is 2. The Balaban J connectivity index is 1.87. The summed E-state index contributed by atoms with van der Waals surface area (Å²) in [6, 6.07) is 18.8. The fourth-order valence-electron chi connectivity index (χ4n) is 2.28. The normalized spacial score (nSPS) is 11.5. The van der Waals surface area contributed by atoms with E-state index in [0.29, 0.717) is 6.42 Å². The van der Waals surface area contributed by atoms with Crippen LogP contribution in [-0.2, 0) is 27.3 Å². The molecule has 2 aromatic rings. The van der Waals surface area contributed by atoms with Gasteiger partial charge in [0.2, 0.25) is 5.91 Å². The second kappa shape index (κ2) is 10.1. The van der Waals surface area contributed by atoms with Crippen molar-refractivity contribution < 1.29 is 19.1 Å². The van der Waals surface area contributed by atoms with Crippen LogP contribution in [0.3, 0.4) is 0 Å². The van der Waals surface area contributed by atoms with Crippen molar-refractivity contribution in [2.45, 2.75) is 19.1 Å². The van der Waals surface area contributed by atoms with Crippen molar-refractivity contribution in [3.63, 3.8) is 0 Å². The minimum absolute atomic E-state index is 0.165. The third-order valence-corrected chi connectivity index (χ3v) is 3.42. The third kappa shape index (κ3) is 7.50. The molecule has 0 aliphatic heterocycles. The number of nitrogens with one attached hydrogen (secondary N) is 1. The number of carbonyl (C=O) groups excluding carboxylic acids is 2. The van der Waals surface area contributed by atoms with Crippen LogP contribution in [0.2, 0.25) is 0 Å². The van der Waals surface area contributed by atoms with Gasteiger partial charge in [0.1, 0.15) is 13.2 Å². The zero-order chi connectivity index (χ0) is 17.9. The third-order valence-electron chi connectivity index (χ3n) is 3.42. The summed E-state index contributed by atoms with van der Waals surface area (Å²) in [7, 11) is 0. The summed E-state index contributed by atoms with van der Waals surface area (Å²) in [5, 5.41) is 2.77. The van der Waals surface area contributed by atoms with Crippen LogP contribution in [-0.4, -0.2) is 31.3 Å². The molecule has 0 radical (unpaired) electrons. The van der Waals surface area contributed by atoms with Crippen molar-refractivity contribution in [2.24, 2.45) is 5.73 Å². The van der Waals surface area contributed by atoms with E-state index in [4.69, 9.17) is 15.2 Å². The van der Waals surface area contributed by atoms with Crippen LogP contribution >= 0.6 is 0 Å². The smallest absolute Gasteiger partial charge is 0.407 e. The minimum atomic E-state index is -0.551. The molecule has 0 saturated carbocycles. The Bertz CT molecular complexity index is 662. The molecule has 0 spiro atoms. The van der Waals surface area contributed by atoms with Gasteiger partial charge in [-0.2, -0.15) is 0 Å². The molecule has 0 saturated heterocycles. The maximum atomic E-state index is 12.0. The molecule has 0 aliphatic carbocycles. The SMILES string of the molecule is NC(=O)COCC(Cc1ccccc1)NC(=O)OCc1ccccc1. The van der Waals surface area contributed by atoms with Gasteiger partial charge < -0.3 is 20.5 Å². The topological polar surface area (TPSA) is 90.7 Å². The summed E-state index contributed by atoms with van der Waals surface area (Å²) in [6.07, 6.45) is 0.0208. The Labute approximate surface area is 146 Å². The molecule has 3 N–H and O–H groups in total. The van der Waals surface area contributed by atoms with Crippen LogP contribution in [0.25, 0.3) is 0 Å². The first-order chi connectivity index (χ1) is 12.1. The van der Waals surface area contributed by atoms with Crippen LogP contribution in [0, 0.1) is 0 Å². The Morgan fingerprint density at radius 1 is 0.960 bits per heavy atom. The van der Waals surface area contributed by atoms with Crippen LogP contribution < -0.4 is 11.1 Å². The standard InChI is InChI=1S/C19H22N2O4/c20-18(22)14-24-13-17(11-15-7-3-1-4-8-15)21-19(23)25-12-16-9-5-2-6-10-16/h1-10,17H,11-14H2,(H2,20,22)(H,21,23). The number of primary amides is 1. The van der Waals surface area contributed by atoms with Crippen LogP contribution in [0.4, 0.5) is 4.79 Å². The molecule has 2 rings (SSSR count). The van der Waals surface area contributed by atoms with Gasteiger partial charge in [0, 0.05) is 0 Å². The summed E-state index contributed by atoms with van der Waals surface area (Å²) in [4.78, 5) is 22.8. The highest BCUT2D eigenvalue weighted by Gasteiger charge is 2.15. The number of ether oxygens (including phenoxy) is 2. The number of benzene rings is 2. The van der Waals surface area contributed by atoms with Crippen LogP contribution in [0.1, 0.15) is 11.1 Å². The van der Waals surface area contributed by atoms with Gasteiger partial charge in [-0.1, -0.05) is 60.7 Å². The maximum absolute atomic E-state index is 12.0. The molecule has 6 heteroatoms. The average Bonchev–Trinajstić information content (AvgIpc) is 2.61. The van der Waals surface area contributed by atoms with Crippen molar-refractivity contribution in [3.05, 3.63) is 71.8 Å². The van der Waals surface area contributed by atoms with Gasteiger partial charge in [-0.05, 0) is 17.5 Å². The first-order valence-corrected chi connectivity index (χ1v) is 8.00. The molecule has 132 valence electrons. The quantitative estimate of drug-likeness (QED) is 0.729. The van der Waals surface area contributed by atoms with Gasteiger partial charge >= 0.3 is 6.09 Å². The zero-order valence-electron chi connectivity index (χ0n) is 13.9. The Hall–Kier alpha value is -2.86. The van der Waals surface area contributed by atoms with Crippen molar-refractivity contribution in [1.29, 1.82) is 0 Å². The Kier molecular flexibility index (Phi) is 7.46. The fourth-order valence-corrected chi connectivity index (χ4v) is 2.28. The van der Waals surface area contributed by atoms with E-state index in [2.05, 4.69) is 5.32 Å². The Morgan fingerprint density at radius 3 is 2.16 bits per heavy atom. The monoisotopic (exact) mass is 342 g/mol. The molecule has 0 bridgehead atoms. The fraction of sp³-hybridized carbons (Fsp3) is 0.263. The Morgan fingerprint density at radius 2 is 1.56 bits per heavy atom. The first-order valence-electron chi connectivity index (χ1n) is 8.00. The summed E-state index contributed by atoms with van der Waals surface area (Å²) in [5.41, 5.74) is 7.01. The molecular weight excluding hydrogens is 320 g/mol. The maximum Gasteiger partial charge on any atom is 0.407 e. The van der Waals surface area contributed by atoms with Crippen molar-refractivity contribution in [3.8, 4) is 0 Å². The van der Waals surface area contributed by atoms with Gasteiger partial charge in [0.15, 0.2) is 0 Å². The molecule has 2 aromatic carbocycles. The van der Waals surface area contributed by atoms with Crippen LogP contribution in [0.15, 0.2) is 60.7 Å². The van der Waals surface area contributed by atoms with E-state index in [1.165, 1.54) is 0 Å². The summed E-state index contributed by atoms with van der Waals surface area (Å²) in [6.45, 7) is 0.164. The zero-order valence-corrected chi connectivity index (χ0v) is 13.9. The van der Waals surface area contributed by atoms with Crippen molar-refractivity contribution in [1.82, 2.24) is 5.32 Å². The lowest BCUT2D eigenvalue weighted by Gasteiger charge is -2.18. The van der Waals surface area contributed by atoms with Gasteiger partial charge in [-0.25, -0.2) is 4.79 Å². The highest BCUT2D eigenvalue weighted by atomic mass is 16.5. The molecule has 0 aliphatic rings. The molecule has 6 nitrogen and oxygen atoms in total. The van der Waals surface area contributed by atoms with Gasteiger partial charge in [0.05, 0.1) is 12.6 Å². The number of rotatable bonds is 9. The van der Waals surface area contributed by atoms with Crippen molar-refractivity contribution >= 4 is 12.0 Å².